The summed E-state index contributed by atoms with van der Waals surface area (Å²) in [5.41, 5.74) is 0. The van der Waals surface area contributed by atoms with Crippen LogP contribution in [-0.2, 0) is 65.9 Å². The molecule has 0 fully saturated rings. The highest BCUT2D eigenvalue weighted by Crippen LogP contribution is 2.17. The van der Waals surface area contributed by atoms with E-state index in [1.54, 1.807) is 42.1 Å². The average molecular weight is 1310 g/mol. The number of carbonyl (C=O) groups excluding carboxylic acids is 6. The SMILES string of the molecule is C=CNC(=O)OCC(CSCC(C)C(=O)OC(=C)OC(=O)NCCOC(=O)C(C)CSCC(O)OC)OC(=O)NCCOC(=O)C(C)CSCC(O)CO.CC(CSCC(O)CO)C(=O)O.COCCC[Si](C)(OC)OC.OCC(O)CS.[HH]. The Labute approximate surface area is 512 Å². The highest BCUT2D eigenvalue weighted by atomic mass is 32.2. The molecule has 0 aliphatic carbocycles. The Morgan fingerprint density at radius 1 is 0.614 bits per heavy atom. The number of aliphatic hydroxyl groups excluding tert-OH is 7. The molecule has 0 radical (unpaired) electrons. The fourth-order valence-electron chi connectivity index (χ4n) is 4.69. The number of carboxylic acid groups (broad SMARTS) is 1. The zero-order valence-corrected chi connectivity index (χ0v) is 54.1. The van der Waals surface area contributed by atoms with Gasteiger partial charge in [-0.2, -0.15) is 59.7 Å². The maximum atomic E-state index is 12.5. The molecule has 11 N–H and O–H groups in total. The molecule has 0 bridgehead atoms. The summed E-state index contributed by atoms with van der Waals surface area (Å²) >= 11 is 8.79. The van der Waals surface area contributed by atoms with Crippen molar-refractivity contribution < 1.29 is 123 Å². The molecule has 0 saturated carbocycles. The Balaban J connectivity index is -0.000000558. The first-order valence-corrected chi connectivity index (χ1v) is 33.5. The molecule has 0 aromatic heterocycles. The minimum atomic E-state index is -1.81. The van der Waals surface area contributed by atoms with E-state index in [1.807, 2.05) is 0 Å². The highest BCUT2D eigenvalue weighted by molar-refractivity contribution is 8.00. The lowest BCUT2D eigenvalue weighted by Gasteiger charge is -2.22. The van der Waals surface area contributed by atoms with Gasteiger partial charge in [0.25, 0.3) is 5.95 Å². The lowest BCUT2D eigenvalue weighted by molar-refractivity contribution is -0.148. The number of hydrogen-bond donors (Lipinski definition) is 12. The lowest BCUT2D eigenvalue weighted by atomic mass is 10.2. The normalized spacial score (nSPS) is 14.0. The Kier molecular flexibility index (Phi) is 58.6. The van der Waals surface area contributed by atoms with Crippen LogP contribution >= 0.6 is 59.7 Å². The summed E-state index contributed by atoms with van der Waals surface area (Å²) in [6.07, 6.45) is -4.75. The number of hydrogen-bond acceptors (Lipinski definition) is 29. The summed E-state index contributed by atoms with van der Waals surface area (Å²) in [5, 5.41) is 76.7. The van der Waals surface area contributed by atoms with Gasteiger partial charge >= 0.3 is 50.7 Å². The third kappa shape index (κ3) is 53.9. The molecule has 9 unspecified atom stereocenters. The molecule has 0 rings (SSSR count). The number of alkyl carbamates (subject to hydrolysis) is 3. The predicted octanol–water partition coefficient (Wildman–Crippen LogP) is 1.90. The first-order valence-electron chi connectivity index (χ1n) is 25.7. The van der Waals surface area contributed by atoms with Gasteiger partial charge in [0, 0.05) is 88.2 Å². The van der Waals surface area contributed by atoms with Gasteiger partial charge in [-0.1, -0.05) is 34.3 Å². The molecule has 9 atom stereocenters. The van der Waals surface area contributed by atoms with Crippen LogP contribution in [0.15, 0.2) is 25.3 Å². The van der Waals surface area contributed by atoms with Crippen LogP contribution < -0.4 is 16.0 Å². The van der Waals surface area contributed by atoms with E-state index in [0.717, 1.165) is 25.3 Å². The topological polar surface area (TPSA) is 410 Å². The fraction of sp³-hybridized carbons (Fsp3) is 0.776. The van der Waals surface area contributed by atoms with Crippen LogP contribution in [-0.4, -0.2) is 262 Å². The lowest BCUT2D eigenvalue weighted by Crippen LogP contribution is -2.36. The van der Waals surface area contributed by atoms with E-state index in [-0.39, 0.29) is 71.4 Å². The van der Waals surface area contributed by atoms with Crippen LogP contribution in [0.25, 0.3) is 0 Å². The van der Waals surface area contributed by atoms with Crippen LogP contribution in [0.3, 0.4) is 0 Å². The number of thiol groups is 1. The van der Waals surface area contributed by atoms with Crippen molar-refractivity contribution in [2.75, 3.05) is 140 Å². The van der Waals surface area contributed by atoms with Crippen molar-refractivity contribution in [1.29, 1.82) is 0 Å². The number of carboxylic acids is 1. The van der Waals surface area contributed by atoms with Gasteiger partial charge in [-0.05, 0) is 31.8 Å². The Bertz CT molecular complexity index is 1760. The number of esters is 3. The summed E-state index contributed by atoms with van der Waals surface area (Å²) in [7, 11) is 4.68. The van der Waals surface area contributed by atoms with Gasteiger partial charge in [-0.25, -0.2) is 14.4 Å². The second kappa shape index (κ2) is 56.5. The third-order valence-electron chi connectivity index (χ3n) is 9.79. The van der Waals surface area contributed by atoms with Gasteiger partial charge in [0.1, 0.15) is 25.9 Å². The van der Waals surface area contributed by atoms with E-state index in [1.165, 1.54) is 61.1 Å². The smallest absolute Gasteiger partial charge is 0.415 e. The van der Waals surface area contributed by atoms with Crippen LogP contribution in [0.5, 0.6) is 0 Å². The summed E-state index contributed by atoms with van der Waals surface area (Å²) in [5.74, 6) is -2.54. The fourth-order valence-corrected chi connectivity index (χ4v) is 10.2. The second-order valence-corrected chi connectivity index (χ2v) is 25.7. The summed E-state index contributed by atoms with van der Waals surface area (Å²) in [6.45, 7) is 14.4. The van der Waals surface area contributed by atoms with Crippen molar-refractivity contribution in [3.8, 4) is 0 Å². The van der Waals surface area contributed by atoms with Crippen LogP contribution in [0.2, 0.25) is 12.6 Å². The van der Waals surface area contributed by atoms with Gasteiger partial charge in [-0.15, -0.1) is 0 Å². The number of ether oxygens (including phenoxy) is 8. The minimum absolute atomic E-state index is 0. The molecule has 28 nitrogen and oxygen atoms in total. The van der Waals surface area contributed by atoms with Gasteiger partial charge in [0.05, 0.1) is 74.9 Å². The van der Waals surface area contributed by atoms with Crippen LogP contribution in [0, 0.1) is 23.7 Å². The number of aliphatic hydroxyl groups is 7. The molecule has 0 saturated heterocycles. The monoisotopic (exact) mass is 1310 g/mol. The van der Waals surface area contributed by atoms with E-state index >= 15 is 0 Å². The van der Waals surface area contributed by atoms with Gasteiger partial charge in [0.2, 0.25) is 0 Å². The largest absolute Gasteiger partial charge is 0.481 e. The third-order valence-corrected chi connectivity index (χ3v) is 18.5. The number of nitrogens with one attached hydrogen (secondary N) is 3. The molecular weight excluding hydrogens is 1220 g/mol. The molecule has 0 heterocycles. The van der Waals surface area contributed by atoms with Crippen LogP contribution in [0.1, 0.15) is 35.5 Å². The Morgan fingerprint density at radius 2 is 1.07 bits per heavy atom. The van der Waals surface area contributed by atoms with E-state index in [0.29, 0.717) is 34.5 Å². The van der Waals surface area contributed by atoms with Gasteiger partial charge < -0.3 is 98.2 Å². The zero-order valence-electron chi connectivity index (χ0n) is 48.9. The van der Waals surface area contributed by atoms with Crippen molar-refractivity contribution in [2.45, 2.75) is 77.4 Å². The number of aliphatic carboxylic acids is 1. The van der Waals surface area contributed by atoms with Crippen molar-refractivity contribution in [3.63, 3.8) is 0 Å². The number of thioether (sulfide) groups is 4. The molecule has 0 aromatic rings. The molecular formula is C49H95N3O25S5Si. The first-order chi connectivity index (χ1) is 39.2. The van der Waals surface area contributed by atoms with E-state index in [4.69, 9.17) is 77.4 Å². The van der Waals surface area contributed by atoms with E-state index in [2.05, 4.69) is 48.3 Å². The van der Waals surface area contributed by atoms with Gasteiger partial charge in [-0.3, -0.25) is 24.5 Å². The molecule has 490 valence electrons. The first kappa shape index (κ1) is 86.1. The quantitative estimate of drug-likeness (QED) is 0.00789. The highest BCUT2D eigenvalue weighted by Gasteiger charge is 2.28. The van der Waals surface area contributed by atoms with E-state index < -0.39 is 111 Å². The summed E-state index contributed by atoms with van der Waals surface area (Å²) < 4.78 is 50.6. The number of carbonyl (C=O) groups is 7. The predicted molar refractivity (Wildman–Crippen MR) is 323 cm³/mol. The number of methoxy groups -OCH3 is 2. The maximum absolute atomic E-state index is 12.5. The Hall–Kier alpha value is -3.30. The minimum Gasteiger partial charge on any atom is -0.481 e. The molecule has 34 heteroatoms. The van der Waals surface area contributed by atoms with Crippen LogP contribution in [0.4, 0.5) is 14.4 Å². The van der Waals surface area contributed by atoms with Crippen molar-refractivity contribution in [2.24, 2.45) is 23.7 Å². The van der Waals surface area contributed by atoms with E-state index in [9.17, 15) is 43.8 Å². The summed E-state index contributed by atoms with van der Waals surface area (Å²) in [6, 6.07) is 0.994. The standard InChI is InChI=1S/C32H53N3O16S3.C7H14O4S.C7H18O3Si.C3H8O2S.H2/c1-7-33-30(42)48-13-25(51-32(44)35-9-11-47-27(39)20(2)14-52-17-24(37)12-36)18-53-16-22(4)29(41)49-23(5)50-31(43)34-8-10-46-28(40)21(3)15-54-19-26(38)45-6;1-5(7(10)11)3-12-4-6(9)2-8;1-8-6-5-7-11(4,9-2)10-3;4-1-3(5)2-6;/h7,20-22,24-26,36-38H,1,5,8-19H2,2-4,6H3,(H,33,42)(H,34,43)(H,35,44);5-6,8-9H,2-4H2,1H3,(H,10,11);5-7H2,1-4H3;3-6H,1-2H2;1H. The van der Waals surface area contributed by atoms with Crippen molar-refractivity contribution in [1.82, 2.24) is 16.0 Å². The Morgan fingerprint density at radius 3 is 1.49 bits per heavy atom. The summed E-state index contributed by atoms with van der Waals surface area (Å²) in [4.78, 5) is 83.1. The zero-order chi connectivity index (χ0) is 64.2. The number of rotatable bonds is 43. The molecule has 3 amide bonds. The van der Waals surface area contributed by atoms with Crippen molar-refractivity contribution in [3.05, 3.63) is 25.3 Å². The molecule has 0 aromatic carbocycles. The molecule has 83 heavy (non-hydrogen) atoms. The molecule has 0 spiro atoms. The molecule has 0 aliphatic heterocycles. The van der Waals surface area contributed by atoms with Gasteiger partial charge in [0.15, 0.2) is 6.29 Å². The second-order valence-electron chi connectivity index (χ2n) is 17.5. The average Bonchev–Trinajstić information content (AvgIpc) is 3.49. The van der Waals surface area contributed by atoms with Crippen molar-refractivity contribution >= 4 is 110 Å². The maximum Gasteiger partial charge on any atom is 0.415 e. The molecule has 0 aliphatic rings. The number of amides is 3.